The highest BCUT2D eigenvalue weighted by Crippen LogP contribution is 2.35. The Morgan fingerprint density at radius 1 is 1.14 bits per heavy atom. The second-order valence-electron chi connectivity index (χ2n) is 9.61. The van der Waals surface area contributed by atoms with E-state index in [0.29, 0.717) is 30.4 Å². The molecule has 4 heterocycles. The number of nitrogens with one attached hydrogen (secondary N) is 3. The zero-order chi connectivity index (χ0) is 25.9. The van der Waals surface area contributed by atoms with Gasteiger partial charge in [-0.15, -0.1) is 0 Å². The average molecular weight is 511 g/mol. The standard InChI is InChI=1S/C23H33F3N8O2/c1-14-20(36-21(30-14)15-5-9-33(2)10-6-15)32-22-29-11-17(23(24,25)26)18(31-22)27-7-4-8-28-19(35)16-12-34(3)13-16/h11,15-16H,4-10,12-13H2,1-3H3,(H,28,35)(H2,27,29,31,32). The number of hydrogen-bond acceptors (Lipinski definition) is 9. The number of alkyl halides is 3. The molecule has 0 atom stereocenters. The highest BCUT2D eigenvalue weighted by molar-refractivity contribution is 5.79. The van der Waals surface area contributed by atoms with E-state index in [1.54, 1.807) is 6.92 Å². The van der Waals surface area contributed by atoms with Crippen molar-refractivity contribution in [3.63, 3.8) is 0 Å². The minimum absolute atomic E-state index is 0.0187. The highest BCUT2D eigenvalue weighted by Gasteiger charge is 2.35. The highest BCUT2D eigenvalue weighted by atomic mass is 19.4. The Morgan fingerprint density at radius 2 is 1.86 bits per heavy atom. The van der Waals surface area contributed by atoms with Gasteiger partial charge in [0.05, 0.1) is 5.92 Å². The van der Waals surface area contributed by atoms with Gasteiger partial charge >= 0.3 is 6.18 Å². The van der Waals surface area contributed by atoms with Crippen LogP contribution in [0, 0.1) is 12.8 Å². The number of aryl methyl sites for hydroxylation is 1. The van der Waals surface area contributed by atoms with Gasteiger partial charge in [-0.25, -0.2) is 9.97 Å². The predicted molar refractivity (Wildman–Crippen MR) is 128 cm³/mol. The molecule has 4 rings (SSSR count). The van der Waals surface area contributed by atoms with E-state index < -0.39 is 11.7 Å². The van der Waals surface area contributed by atoms with Crippen molar-refractivity contribution in [1.29, 1.82) is 0 Å². The number of nitrogens with zero attached hydrogens (tertiary/aromatic N) is 5. The largest absolute Gasteiger partial charge is 0.424 e. The third kappa shape index (κ3) is 6.44. The molecule has 0 radical (unpaired) electrons. The second kappa shape index (κ2) is 11.0. The Hall–Kier alpha value is -2.93. The minimum Gasteiger partial charge on any atom is -0.424 e. The van der Waals surface area contributed by atoms with Crippen LogP contribution in [0.15, 0.2) is 10.6 Å². The van der Waals surface area contributed by atoms with Crippen LogP contribution >= 0.6 is 0 Å². The minimum atomic E-state index is -4.62. The van der Waals surface area contributed by atoms with Gasteiger partial charge in [0.15, 0.2) is 5.89 Å². The van der Waals surface area contributed by atoms with Crippen molar-refractivity contribution in [1.82, 2.24) is 30.1 Å². The quantitative estimate of drug-likeness (QED) is 0.439. The maximum atomic E-state index is 13.5. The first kappa shape index (κ1) is 26.1. The summed E-state index contributed by atoms with van der Waals surface area (Å²) in [6.45, 7) is 5.68. The van der Waals surface area contributed by atoms with Crippen LogP contribution in [0.3, 0.4) is 0 Å². The lowest BCUT2D eigenvalue weighted by Gasteiger charge is -2.34. The Bertz CT molecular complexity index is 1050. The first-order valence-electron chi connectivity index (χ1n) is 12.2. The number of amides is 1. The lowest BCUT2D eigenvalue weighted by molar-refractivity contribution is -0.137. The Kier molecular flexibility index (Phi) is 7.98. The topological polar surface area (TPSA) is 111 Å². The summed E-state index contributed by atoms with van der Waals surface area (Å²) >= 11 is 0. The molecular formula is C23H33F3N8O2. The van der Waals surface area contributed by atoms with Crippen molar-refractivity contribution in [2.45, 2.75) is 38.3 Å². The summed E-state index contributed by atoms with van der Waals surface area (Å²) in [4.78, 5) is 28.7. The fourth-order valence-corrected chi connectivity index (χ4v) is 4.37. The third-order valence-electron chi connectivity index (χ3n) is 6.58. The van der Waals surface area contributed by atoms with Crippen LogP contribution < -0.4 is 16.0 Å². The van der Waals surface area contributed by atoms with Crippen molar-refractivity contribution in [3.8, 4) is 0 Å². The fourth-order valence-electron chi connectivity index (χ4n) is 4.37. The van der Waals surface area contributed by atoms with Crippen molar-refractivity contribution >= 4 is 23.6 Å². The van der Waals surface area contributed by atoms with Gasteiger partial charge in [-0.2, -0.15) is 18.2 Å². The van der Waals surface area contributed by atoms with E-state index in [9.17, 15) is 18.0 Å². The maximum absolute atomic E-state index is 13.5. The van der Waals surface area contributed by atoms with Crippen LogP contribution in [-0.2, 0) is 11.0 Å². The van der Waals surface area contributed by atoms with Crippen LogP contribution in [0.1, 0.15) is 42.3 Å². The SMILES string of the molecule is Cc1nc(C2CCN(C)CC2)oc1Nc1ncc(C(F)(F)F)c(NCCCNC(=O)C2CN(C)C2)n1. The van der Waals surface area contributed by atoms with E-state index >= 15 is 0 Å². The smallest absolute Gasteiger partial charge is 0.421 e. The van der Waals surface area contributed by atoms with Crippen LogP contribution in [0.4, 0.5) is 30.8 Å². The van der Waals surface area contributed by atoms with Gasteiger partial charge in [0.25, 0.3) is 0 Å². The third-order valence-corrected chi connectivity index (χ3v) is 6.58. The van der Waals surface area contributed by atoms with Crippen LogP contribution in [0.2, 0.25) is 0 Å². The molecule has 0 unspecified atom stereocenters. The van der Waals surface area contributed by atoms with Crippen molar-refractivity contribution in [2.75, 3.05) is 64.0 Å². The average Bonchev–Trinajstić information content (AvgIpc) is 3.16. The van der Waals surface area contributed by atoms with Gasteiger partial charge in [-0.3, -0.25) is 10.1 Å². The van der Waals surface area contributed by atoms with Crippen LogP contribution in [0.5, 0.6) is 0 Å². The summed E-state index contributed by atoms with van der Waals surface area (Å²) in [5.41, 5.74) is -0.369. The fraction of sp³-hybridized carbons (Fsp3) is 0.652. The summed E-state index contributed by atoms with van der Waals surface area (Å²) < 4.78 is 46.5. The number of oxazole rings is 1. The molecule has 2 saturated heterocycles. The van der Waals surface area contributed by atoms with Gasteiger partial charge in [-0.05, 0) is 53.4 Å². The Labute approximate surface area is 208 Å². The van der Waals surface area contributed by atoms with Crippen molar-refractivity contribution < 1.29 is 22.4 Å². The number of aromatic nitrogens is 3. The molecule has 3 N–H and O–H groups in total. The summed E-state index contributed by atoms with van der Waals surface area (Å²) in [6, 6.07) is 0. The summed E-state index contributed by atoms with van der Waals surface area (Å²) in [5.74, 6) is 0.728. The van der Waals surface area contributed by atoms with Gasteiger partial charge < -0.3 is 24.9 Å². The van der Waals surface area contributed by atoms with E-state index in [1.807, 2.05) is 11.9 Å². The monoisotopic (exact) mass is 510 g/mol. The zero-order valence-corrected chi connectivity index (χ0v) is 20.8. The number of anilines is 3. The number of hydrogen-bond donors (Lipinski definition) is 3. The molecule has 2 aromatic rings. The van der Waals surface area contributed by atoms with E-state index in [1.165, 1.54) is 0 Å². The number of piperidine rings is 1. The molecule has 10 nitrogen and oxygen atoms in total. The predicted octanol–water partition coefficient (Wildman–Crippen LogP) is 2.82. The molecule has 2 aromatic heterocycles. The molecule has 0 saturated carbocycles. The number of rotatable bonds is 9. The van der Waals surface area contributed by atoms with E-state index in [-0.39, 0.29) is 36.1 Å². The Balaban J connectivity index is 1.36. The summed E-state index contributed by atoms with van der Waals surface area (Å²) in [6.07, 6.45) is -1.57. The number of halogens is 3. The second-order valence-corrected chi connectivity index (χ2v) is 9.61. The molecule has 2 aliphatic heterocycles. The molecule has 2 fully saturated rings. The lowest BCUT2D eigenvalue weighted by Crippen LogP contribution is -2.51. The summed E-state index contributed by atoms with van der Waals surface area (Å²) in [5, 5.41) is 8.44. The number of carbonyl (C=O) groups is 1. The first-order chi connectivity index (χ1) is 17.1. The number of likely N-dealkylation sites (tertiary alicyclic amines) is 2. The summed E-state index contributed by atoms with van der Waals surface area (Å²) in [7, 11) is 4.01. The molecule has 0 aliphatic carbocycles. The maximum Gasteiger partial charge on any atom is 0.421 e. The van der Waals surface area contributed by atoms with Crippen molar-refractivity contribution in [3.05, 3.63) is 23.3 Å². The Morgan fingerprint density at radius 3 is 2.53 bits per heavy atom. The van der Waals surface area contributed by atoms with Gasteiger partial charge in [0.2, 0.25) is 17.7 Å². The molecule has 13 heteroatoms. The lowest BCUT2D eigenvalue weighted by atomic mass is 9.97. The van der Waals surface area contributed by atoms with Crippen molar-refractivity contribution in [2.24, 2.45) is 5.92 Å². The van der Waals surface area contributed by atoms with E-state index in [4.69, 9.17) is 4.42 Å². The van der Waals surface area contributed by atoms with Gasteiger partial charge in [-0.1, -0.05) is 0 Å². The molecule has 36 heavy (non-hydrogen) atoms. The molecule has 1 amide bonds. The normalized spacial score (nSPS) is 18.2. The molecule has 0 bridgehead atoms. The first-order valence-corrected chi connectivity index (χ1v) is 12.2. The zero-order valence-electron chi connectivity index (χ0n) is 20.8. The van der Waals surface area contributed by atoms with E-state index in [2.05, 4.69) is 42.8 Å². The van der Waals surface area contributed by atoms with Crippen LogP contribution in [0.25, 0.3) is 0 Å². The molecule has 0 aromatic carbocycles. The molecule has 198 valence electrons. The van der Waals surface area contributed by atoms with E-state index in [0.717, 1.165) is 45.2 Å². The number of carbonyl (C=O) groups excluding carboxylic acids is 1. The van der Waals surface area contributed by atoms with Gasteiger partial charge in [0, 0.05) is 38.3 Å². The van der Waals surface area contributed by atoms with Gasteiger partial charge in [0.1, 0.15) is 17.1 Å². The molecule has 0 spiro atoms. The van der Waals surface area contributed by atoms with Crippen LogP contribution in [-0.4, -0.2) is 84.0 Å². The molecule has 2 aliphatic rings. The molecular weight excluding hydrogens is 477 g/mol.